The molecule has 1 N–H and O–H groups in total. The smallest absolute Gasteiger partial charge is 0.429 e. The van der Waals surface area contributed by atoms with Gasteiger partial charge in [0, 0.05) is 0 Å². The maximum atomic E-state index is 11.9. The quantitative estimate of drug-likeness (QED) is 0.447. The highest BCUT2D eigenvalue weighted by Crippen LogP contribution is 2.23. The zero-order valence-corrected chi connectivity index (χ0v) is 11.4. The molecule has 0 unspecified atom stereocenters. The van der Waals surface area contributed by atoms with E-state index in [1.54, 1.807) is 26.0 Å². The van der Waals surface area contributed by atoms with Crippen molar-refractivity contribution in [2.45, 2.75) is 13.8 Å². The number of amides is 1. The predicted octanol–water partition coefficient (Wildman–Crippen LogP) is 2.38. The lowest BCUT2D eigenvalue weighted by Gasteiger charge is -2.21. The topological polar surface area (TPSA) is 40.5 Å². The SMILES string of the molecule is C=C/C=C(\C)B(O)N(C)C(=O)C(=C)SC(=C)C. The van der Waals surface area contributed by atoms with Crippen LogP contribution in [0.1, 0.15) is 13.8 Å². The minimum atomic E-state index is -0.969. The Morgan fingerprint density at radius 1 is 1.41 bits per heavy atom. The Balaban J connectivity index is 4.70. The lowest BCUT2D eigenvalue weighted by molar-refractivity contribution is -0.121. The third-order valence-electron chi connectivity index (χ3n) is 2.01. The molecule has 0 spiro atoms. The van der Waals surface area contributed by atoms with Gasteiger partial charge in [-0.2, -0.15) is 0 Å². The second kappa shape index (κ2) is 7.19. The van der Waals surface area contributed by atoms with Gasteiger partial charge < -0.3 is 9.83 Å². The minimum absolute atomic E-state index is 0.317. The molecule has 3 nitrogen and oxygen atoms in total. The fourth-order valence-corrected chi connectivity index (χ4v) is 1.79. The highest BCUT2D eigenvalue weighted by Gasteiger charge is 2.26. The molecule has 0 atom stereocenters. The van der Waals surface area contributed by atoms with E-state index in [1.165, 1.54) is 23.6 Å². The van der Waals surface area contributed by atoms with Crippen LogP contribution >= 0.6 is 11.8 Å². The van der Waals surface area contributed by atoms with Gasteiger partial charge in [0.25, 0.3) is 0 Å². The van der Waals surface area contributed by atoms with Crippen molar-refractivity contribution in [3.8, 4) is 0 Å². The molecule has 0 saturated carbocycles. The summed E-state index contributed by atoms with van der Waals surface area (Å²) in [5.74, 6) is -0.317. The lowest BCUT2D eigenvalue weighted by atomic mass is 9.72. The number of rotatable bonds is 6. The number of likely N-dealkylation sites (N-methyl/N-ethyl adjacent to an activating group) is 1. The van der Waals surface area contributed by atoms with Gasteiger partial charge in [-0.1, -0.05) is 49.1 Å². The summed E-state index contributed by atoms with van der Waals surface area (Å²) in [4.78, 5) is 14.2. The Bertz CT molecular complexity index is 377. The summed E-state index contributed by atoms with van der Waals surface area (Å²) in [5.41, 5.74) is 0.643. The summed E-state index contributed by atoms with van der Waals surface area (Å²) >= 11 is 1.20. The van der Waals surface area contributed by atoms with Crippen molar-refractivity contribution >= 4 is 24.7 Å². The van der Waals surface area contributed by atoms with Crippen LogP contribution in [0.2, 0.25) is 0 Å². The summed E-state index contributed by atoms with van der Waals surface area (Å²) in [5, 5.41) is 9.89. The summed E-state index contributed by atoms with van der Waals surface area (Å²) < 4.78 is 0. The Labute approximate surface area is 108 Å². The number of nitrogens with zero attached hydrogens (tertiary/aromatic N) is 1. The Morgan fingerprint density at radius 2 is 1.94 bits per heavy atom. The summed E-state index contributed by atoms with van der Waals surface area (Å²) in [7, 11) is 0.556. The van der Waals surface area contributed by atoms with E-state index in [-0.39, 0.29) is 5.91 Å². The Kier molecular flexibility index (Phi) is 6.69. The van der Waals surface area contributed by atoms with E-state index >= 15 is 0 Å². The number of thioether (sulfide) groups is 1. The fourth-order valence-electron chi connectivity index (χ4n) is 1.14. The molecule has 0 fully saturated rings. The first-order valence-electron chi connectivity index (χ1n) is 5.08. The van der Waals surface area contributed by atoms with Crippen LogP contribution in [0.3, 0.4) is 0 Å². The first-order valence-corrected chi connectivity index (χ1v) is 5.89. The minimum Gasteiger partial charge on any atom is -0.429 e. The van der Waals surface area contributed by atoms with Gasteiger partial charge in [0.2, 0.25) is 5.91 Å². The highest BCUT2D eigenvalue weighted by molar-refractivity contribution is 8.07. The molecule has 0 aromatic carbocycles. The monoisotopic (exact) mass is 251 g/mol. The molecular formula is C12H18BNO2S. The van der Waals surface area contributed by atoms with Gasteiger partial charge in [0.15, 0.2) is 0 Å². The van der Waals surface area contributed by atoms with Crippen LogP contribution in [-0.2, 0) is 4.79 Å². The normalized spacial score (nSPS) is 10.7. The number of hydrogen-bond donors (Lipinski definition) is 1. The molecule has 0 bridgehead atoms. The first-order chi connectivity index (χ1) is 7.81. The average molecular weight is 251 g/mol. The van der Waals surface area contributed by atoms with E-state index in [2.05, 4.69) is 19.7 Å². The van der Waals surface area contributed by atoms with Crippen molar-refractivity contribution < 1.29 is 9.82 Å². The number of carbonyl (C=O) groups excluding carboxylic acids is 1. The Morgan fingerprint density at radius 3 is 2.35 bits per heavy atom. The van der Waals surface area contributed by atoms with Crippen LogP contribution in [0, 0.1) is 0 Å². The molecule has 0 heterocycles. The van der Waals surface area contributed by atoms with Gasteiger partial charge in [0.1, 0.15) is 0 Å². The maximum absolute atomic E-state index is 11.9. The molecule has 0 aliphatic rings. The number of carbonyl (C=O) groups is 1. The molecule has 1 amide bonds. The zero-order valence-electron chi connectivity index (χ0n) is 10.6. The van der Waals surface area contributed by atoms with Crippen molar-refractivity contribution in [2.24, 2.45) is 0 Å². The van der Waals surface area contributed by atoms with Crippen LogP contribution in [0.5, 0.6) is 0 Å². The van der Waals surface area contributed by atoms with Crippen molar-refractivity contribution in [1.29, 1.82) is 0 Å². The van der Waals surface area contributed by atoms with Crippen LogP contribution in [0.25, 0.3) is 0 Å². The number of allylic oxidation sites excluding steroid dienone is 4. The van der Waals surface area contributed by atoms with Crippen molar-refractivity contribution in [3.63, 3.8) is 0 Å². The largest absolute Gasteiger partial charge is 0.447 e. The second-order valence-corrected chi connectivity index (χ2v) is 5.06. The van der Waals surface area contributed by atoms with E-state index < -0.39 is 7.05 Å². The van der Waals surface area contributed by atoms with Gasteiger partial charge >= 0.3 is 7.05 Å². The first kappa shape index (κ1) is 15.8. The molecule has 0 aromatic rings. The summed E-state index contributed by atoms with van der Waals surface area (Å²) in [6.45, 7) is 14.4. The van der Waals surface area contributed by atoms with E-state index in [0.29, 0.717) is 10.4 Å². The van der Waals surface area contributed by atoms with Gasteiger partial charge in [0.05, 0.1) is 4.91 Å². The average Bonchev–Trinajstić information content (AvgIpc) is 2.25. The van der Waals surface area contributed by atoms with E-state index in [9.17, 15) is 9.82 Å². The van der Waals surface area contributed by atoms with E-state index in [0.717, 1.165) is 4.91 Å². The lowest BCUT2D eigenvalue weighted by Crippen LogP contribution is -2.42. The summed E-state index contributed by atoms with van der Waals surface area (Å²) in [6.07, 6.45) is 3.22. The van der Waals surface area contributed by atoms with Crippen molar-refractivity contribution in [1.82, 2.24) is 4.81 Å². The van der Waals surface area contributed by atoms with Gasteiger partial charge in [-0.05, 0) is 25.8 Å². The molecule has 0 radical (unpaired) electrons. The van der Waals surface area contributed by atoms with Crippen molar-refractivity contribution in [3.05, 3.63) is 47.2 Å². The predicted molar refractivity (Wildman–Crippen MR) is 76.2 cm³/mol. The van der Waals surface area contributed by atoms with E-state index in [4.69, 9.17) is 0 Å². The van der Waals surface area contributed by atoms with Gasteiger partial charge in [-0.3, -0.25) is 4.79 Å². The second-order valence-electron chi connectivity index (χ2n) is 3.66. The van der Waals surface area contributed by atoms with Gasteiger partial charge in [-0.25, -0.2) is 0 Å². The van der Waals surface area contributed by atoms with Crippen LogP contribution in [-0.4, -0.2) is 29.8 Å². The van der Waals surface area contributed by atoms with Crippen LogP contribution in [0.15, 0.2) is 47.2 Å². The number of hydrogen-bond acceptors (Lipinski definition) is 3. The molecule has 0 aromatic heterocycles. The van der Waals surface area contributed by atoms with E-state index in [1.807, 2.05) is 0 Å². The van der Waals surface area contributed by atoms with Crippen LogP contribution in [0.4, 0.5) is 0 Å². The third-order valence-corrected chi connectivity index (χ3v) is 2.78. The Hall–Kier alpha value is -1.20. The third kappa shape index (κ3) is 5.11. The molecule has 92 valence electrons. The van der Waals surface area contributed by atoms with Crippen LogP contribution < -0.4 is 0 Å². The standard InChI is InChI=1S/C12H18BNO2S/c1-7-8-10(4)13(16)14(6)12(15)11(5)17-9(2)3/h7-8,16H,1-2,5H2,3-4,6H3/b10-8+. The molecule has 0 saturated heterocycles. The summed E-state index contributed by atoms with van der Waals surface area (Å²) in [6, 6.07) is 0. The molecule has 5 heteroatoms. The zero-order chi connectivity index (χ0) is 13.6. The highest BCUT2D eigenvalue weighted by atomic mass is 32.2. The molecule has 0 aliphatic heterocycles. The van der Waals surface area contributed by atoms with Gasteiger partial charge in [-0.15, -0.1) is 0 Å². The van der Waals surface area contributed by atoms with Crippen molar-refractivity contribution in [2.75, 3.05) is 7.05 Å². The fraction of sp³-hybridized carbons (Fsp3) is 0.250. The maximum Gasteiger partial charge on any atom is 0.447 e. The molecule has 0 aliphatic carbocycles. The molecule has 17 heavy (non-hydrogen) atoms. The molecular weight excluding hydrogens is 233 g/mol. The molecule has 0 rings (SSSR count).